The van der Waals surface area contributed by atoms with Crippen molar-refractivity contribution >= 4 is 30.0 Å². The minimum Gasteiger partial charge on any atom is -0.468 e. The van der Waals surface area contributed by atoms with Crippen molar-refractivity contribution in [3.63, 3.8) is 0 Å². The topological polar surface area (TPSA) is 94.5 Å². The average Bonchev–Trinajstić information content (AvgIpc) is 3.18. The van der Waals surface area contributed by atoms with Crippen LogP contribution in [0.25, 0.3) is 0 Å². The van der Waals surface area contributed by atoms with Crippen molar-refractivity contribution in [3.05, 3.63) is 0 Å². The Labute approximate surface area is 135 Å². The molecule has 0 spiro atoms. The summed E-state index contributed by atoms with van der Waals surface area (Å²) < 4.78 is 7.44. The first-order valence-electron chi connectivity index (χ1n) is 7.80. The van der Waals surface area contributed by atoms with Crippen molar-refractivity contribution in [2.45, 2.75) is 62.7 Å². The molecule has 4 amide bonds. The summed E-state index contributed by atoms with van der Waals surface area (Å²) in [5.41, 5.74) is 0. The molecule has 0 aliphatic heterocycles. The van der Waals surface area contributed by atoms with Crippen LogP contribution < -0.4 is 10.0 Å². The number of methoxy groups -OCH3 is 1. The number of nitrogens with zero attached hydrogens (tertiary/aromatic N) is 1. The summed E-state index contributed by atoms with van der Waals surface area (Å²) >= 11 is 1.34. The second-order valence-electron chi connectivity index (χ2n) is 5.71. The van der Waals surface area contributed by atoms with Crippen LogP contribution in [-0.4, -0.2) is 41.4 Å². The minimum atomic E-state index is -0.626. The summed E-state index contributed by atoms with van der Waals surface area (Å²) in [5.74, 6) is 0. The smallest absolute Gasteiger partial charge is 0.343 e. The number of rotatable bonds is 3. The third-order valence-corrected chi connectivity index (χ3v) is 5.20. The molecular formula is C14H24N4O3S. The van der Waals surface area contributed by atoms with Gasteiger partial charge >= 0.3 is 18.1 Å². The van der Waals surface area contributed by atoms with Crippen LogP contribution in [0, 0.1) is 5.41 Å². The Kier molecular flexibility index (Phi) is 6.35. The second-order valence-corrected chi connectivity index (χ2v) is 6.81. The van der Waals surface area contributed by atoms with Crippen LogP contribution in [0.1, 0.15) is 51.4 Å². The van der Waals surface area contributed by atoms with Crippen LogP contribution >= 0.6 is 11.9 Å². The van der Waals surface area contributed by atoms with Gasteiger partial charge in [0, 0.05) is 11.3 Å². The van der Waals surface area contributed by atoms with E-state index in [9.17, 15) is 9.59 Å². The van der Waals surface area contributed by atoms with Gasteiger partial charge in [-0.1, -0.05) is 25.7 Å². The first-order chi connectivity index (χ1) is 10.6. The first kappa shape index (κ1) is 16.9. The maximum atomic E-state index is 12.3. The number of imide groups is 1. The highest BCUT2D eigenvalue weighted by Gasteiger charge is 2.30. The lowest BCUT2D eigenvalue weighted by molar-refractivity contribution is 0.195. The third kappa shape index (κ3) is 4.53. The molecule has 2 saturated carbocycles. The summed E-state index contributed by atoms with van der Waals surface area (Å²) in [6.07, 6.45) is 8.48. The van der Waals surface area contributed by atoms with Crippen LogP contribution in [0.3, 0.4) is 0 Å². The normalized spacial score (nSPS) is 19.0. The van der Waals surface area contributed by atoms with Gasteiger partial charge in [0.25, 0.3) is 0 Å². The fraction of sp³-hybridized carbons (Fsp3) is 0.786. The quantitative estimate of drug-likeness (QED) is 0.422. The highest BCUT2D eigenvalue weighted by molar-refractivity contribution is 7.98. The van der Waals surface area contributed by atoms with E-state index in [-0.39, 0.29) is 6.04 Å². The highest BCUT2D eigenvalue weighted by atomic mass is 32.2. The number of hydrogen-bond donors (Lipinski definition) is 3. The molecule has 0 radical (unpaired) electrons. The van der Waals surface area contributed by atoms with Gasteiger partial charge in [-0.25, -0.2) is 9.59 Å². The number of urea groups is 2. The summed E-state index contributed by atoms with van der Waals surface area (Å²) in [6.45, 7) is 0. The van der Waals surface area contributed by atoms with E-state index in [1.54, 1.807) is 0 Å². The summed E-state index contributed by atoms with van der Waals surface area (Å²) in [5, 5.41) is 10.9. The predicted octanol–water partition coefficient (Wildman–Crippen LogP) is 2.82. The Balaban J connectivity index is 1.89. The average molecular weight is 328 g/mol. The third-order valence-electron chi connectivity index (χ3n) is 4.10. The number of carbonyl (C=O) groups is 2. The lowest BCUT2D eigenvalue weighted by atomic mass is 10.2. The minimum absolute atomic E-state index is 0.0786. The van der Waals surface area contributed by atoms with Crippen molar-refractivity contribution < 1.29 is 14.3 Å². The van der Waals surface area contributed by atoms with E-state index < -0.39 is 18.1 Å². The summed E-state index contributed by atoms with van der Waals surface area (Å²) in [7, 11) is 1.27. The predicted molar refractivity (Wildman–Crippen MR) is 85.7 cm³/mol. The van der Waals surface area contributed by atoms with Gasteiger partial charge in [0.1, 0.15) is 0 Å². The molecule has 0 aromatic carbocycles. The molecule has 7 nitrogen and oxygen atoms in total. The molecule has 2 aliphatic carbocycles. The Hall–Kier alpha value is -1.44. The molecule has 22 heavy (non-hydrogen) atoms. The van der Waals surface area contributed by atoms with Gasteiger partial charge < -0.3 is 10.1 Å². The second kappa shape index (κ2) is 8.26. The van der Waals surface area contributed by atoms with E-state index >= 15 is 0 Å². The van der Waals surface area contributed by atoms with Crippen LogP contribution in [0.4, 0.5) is 9.59 Å². The maximum Gasteiger partial charge on any atom is 0.343 e. The van der Waals surface area contributed by atoms with Gasteiger partial charge in [-0.05, 0) is 37.6 Å². The van der Waals surface area contributed by atoms with Crippen LogP contribution in [0.5, 0.6) is 0 Å². The van der Waals surface area contributed by atoms with E-state index in [1.807, 2.05) is 0 Å². The van der Waals surface area contributed by atoms with Gasteiger partial charge in [0.05, 0.1) is 7.11 Å². The molecule has 0 aromatic heterocycles. The summed E-state index contributed by atoms with van der Waals surface area (Å²) in [6, 6.07) is -1.61. The van der Waals surface area contributed by atoms with Gasteiger partial charge in [-0.15, -0.1) is 0 Å². The molecule has 2 aliphatic rings. The highest BCUT2D eigenvalue weighted by Crippen LogP contribution is 2.27. The zero-order chi connectivity index (χ0) is 15.9. The maximum absolute atomic E-state index is 12.3. The van der Waals surface area contributed by atoms with Crippen molar-refractivity contribution in [1.29, 1.82) is 5.41 Å². The largest absolute Gasteiger partial charge is 0.468 e. The van der Waals surface area contributed by atoms with Gasteiger partial charge in [-0.3, -0.25) is 10.1 Å². The zero-order valence-electron chi connectivity index (χ0n) is 12.9. The Morgan fingerprint density at radius 3 is 2.27 bits per heavy atom. The fourth-order valence-corrected chi connectivity index (χ4v) is 3.79. The lowest BCUT2D eigenvalue weighted by Gasteiger charge is -2.23. The Morgan fingerprint density at radius 2 is 1.68 bits per heavy atom. The van der Waals surface area contributed by atoms with E-state index in [1.165, 1.54) is 31.9 Å². The molecule has 124 valence electrons. The molecule has 0 heterocycles. The first-order valence-corrected chi connectivity index (χ1v) is 8.68. The van der Waals surface area contributed by atoms with E-state index in [2.05, 4.69) is 10.0 Å². The number of amidine groups is 1. The zero-order valence-corrected chi connectivity index (χ0v) is 13.7. The molecule has 3 N–H and O–H groups in total. The SMILES string of the molecule is COC(=N)N(C(=O)NSC1CCCC1)C(=O)NC1CCCC1. The van der Waals surface area contributed by atoms with Crippen LogP contribution in [-0.2, 0) is 4.74 Å². The molecule has 0 unspecified atom stereocenters. The molecule has 0 atom stereocenters. The number of ether oxygens (including phenoxy) is 1. The van der Waals surface area contributed by atoms with Gasteiger partial charge in [0.15, 0.2) is 0 Å². The summed E-state index contributed by atoms with van der Waals surface area (Å²) in [4.78, 5) is 25.2. The molecule has 2 fully saturated rings. The molecule has 2 rings (SSSR count). The van der Waals surface area contributed by atoms with E-state index in [0.29, 0.717) is 5.25 Å². The van der Waals surface area contributed by atoms with E-state index in [4.69, 9.17) is 10.1 Å². The molecule has 8 heteroatoms. The Morgan fingerprint density at radius 1 is 1.09 bits per heavy atom. The monoisotopic (exact) mass is 328 g/mol. The number of amides is 4. The van der Waals surface area contributed by atoms with E-state index in [0.717, 1.165) is 43.4 Å². The standard InChI is InChI=1S/C14H24N4O3S/c1-21-12(15)18(13(19)16-10-6-2-3-7-10)14(20)17-22-11-8-4-5-9-11/h10-11,15H,2-9H2,1H3,(H,16,19)(H,17,20). The van der Waals surface area contributed by atoms with Crippen molar-refractivity contribution in [2.75, 3.05) is 7.11 Å². The Bertz CT molecular complexity index is 420. The van der Waals surface area contributed by atoms with Crippen molar-refractivity contribution in [3.8, 4) is 0 Å². The molecule has 0 saturated heterocycles. The van der Waals surface area contributed by atoms with Crippen LogP contribution in [0.15, 0.2) is 0 Å². The molecular weight excluding hydrogens is 304 g/mol. The lowest BCUT2D eigenvalue weighted by Crippen LogP contribution is -2.52. The number of nitrogens with one attached hydrogen (secondary N) is 3. The number of carbonyl (C=O) groups excluding carboxylic acids is 2. The van der Waals surface area contributed by atoms with Gasteiger partial charge in [0.2, 0.25) is 0 Å². The van der Waals surface area contributed by atoms with Gasteiger partial charge in [-0.2, -0.15) is 4.90 Å². The molecule has 0 bridgehead atoms. The number of hydrogen-bond acceptors (Lipinski definition) is 5. The molecule has 0 aromatic rings. The van der Waals surface area contributed by atoms with Crippen molar-refractivity contribution in [1.82, 2.24) is 14.9 Å². The fourth-order valence-electron chi connectivity index (χ4n) is 2.86. The van der Waals surface area contributed by atoms with Crippen LogP contribution in [0.2, 0.25) is 0 Å². The van der Waals surface area contributed by atoms with Crippen molar-refractivity contribution in [2.24, 2.45) is 0 Å².